The predicted octanol–water partition coefficient (Wildman–Crippen LogP) is -3.45. The molecular formula is C10H22O9. The lowest BCUT2D eigenvalue weighted by atomic mass is 10.0. The van der Waals surface area contributed by atoms with Crippen molar-refractivity contribution in [2.75, 3.05) is 13.2 Å². The molecule has 19 heavy (non-hydrogen) atoms. The van der Waals surface area contributed by atoms with Crippen molar-refractivity contribution in [1.82, 2.24) is 0 Å². The van der Waals surface area contributed by atoms with Crippen molar-refractivity contribution in [1.29, 1.82) is 0 Å². The summed E-state index contributed by atoms with van der Waals surface area (Å²) in [5.74, 6) is -11.8. The monoisotopic (exact) mass is 286 g/mol. The standard InChI is InChI=1S/C10H22O9/c1-3-7(11,12)9(15,16)5-19-6-10(17,18)8(13,14)4-2/h11-18H,3-6H2,1-2H3. The van der Waals surface area contributed by atoms with Gasteiger partial charge in [-0.2, -0.15) is 0 Å². The van der Waals surface area contributed by atoms with Gasteiger partial charge in [-0.15, -0.1) is 0 Å². The predicted molar refractivity (Wildman–Crippen MR) is 60.1 cm³/mol. The van der Waals surface area contributed by atoms with Gasteiger partial charge in [-0.25, -0.2) is 0 Å². The van der Waals surface area contributed by atoms with E-state index in [1.807, 2.05) is 0 Å². The van der Waals surface area contributed by atoms with Crippen molar-refractivity contribution in [3.8, 4) is 0 Å². The number of ether oxygens (including phenoxy) is 1. The molecule has 0 unspecified atom stereocenters. The van der Waals surface area contributed by atoms with Gasteiger partial charge >= 0.3 is 0 Å². The molecule has 0 aliphatic heterocycles. The lowest BCUT2D eigenvalue weighted by Crippen LogP contribution is -2.60. The van der Waals surface area contributed by atoms with Crippen LogP contribution in [0, 0.1) is 0 Å². The summed E-state index contributed by atoms with van der Waals surface area (Å²) in [6, 6.07) is 0. The molecule has 8 N–H and O–H groups in total. The van der Waals surface area contributed by atoms with Crippen LogP contribution in [0.15, 0.2) is 0 Å². The lowest BCUT2D eigenvalue weighted by molar-refractivity contribution is -0.391. The Morgan fingerprint density at radius 1 is 0.579 bits per heavy atom. The minimum atomic E-state index is -3.06. The number of hydrogen-bond donors (Lipinski definition) is 8. The molecule has 116 valence electrons. The van der Waals surface area contributed by atoms with Crippen LogP contribution in [0.5, 0.6) is 0 Å². The van der Waals surface area contributed by atoms with E-state index >= 15 is 0 Å². The van der Waals surface area contributed by atoms with Crippen molar-refractivity contribution in [2.45, 2.75) is 49.8 Å². The normalized spacial score (nSPS) is 14.8. The highest BCUT2D eigenvalue weighted by Crippen LogP contribution is 2.24. The van der Waals surface area contributed by atoms with Crippen LogP contribution in [0.4, 0.5) is 0 Å². The maximum Gasteiger partial charge on any atom is 0.242 e. The highest BCUT2D eigenvalue weighted by atomic mass is 16.6. The molecule has 0 saturated heterocycles. The summed E-state index contributed by atoms with van der Waals surface area (Å²) in [7, 11) is 0. The van der Waals surface area contributed by atoms with E-state index in [0.717, 1.165) is 0 Å². The minimum Gasteiger partial charge on any atom is -0.370 e. The maximum atomic E-state index is 9.34. The quantitative estimate of drug-likeness (QED) is 0.211. The number of hydrogen-bond acceptors (Lipinski definition) is 9. The van der Waals surface area contributed by atoms with E-state index in [2.05, 4.69) is 4.74 Å². The van der Waals surface area contributed by atoms with Crippen LogP contribution in [0.2, 0.25) is 0 Å². The van der Waals surface area contributed by atoms with Crippen molar-refractivity contribution < 1.29 is 45.6 Å². The first kappa shape index (κ1) is 18.6. The van der Waals surface area contributed by atoms with E-state index in [4.69, 9.17) is 0 Å². The van der Waals surface area contributed by atoms with Crippen molar-refractivity contribution >= 4 is 0 Å². The molecule has 0 radical (unpaired) electrons. The summed E-state index contributed by atoms with van der Waals surface area (Å²) in [5, 5.41) is 74.3. The second kappa shape index (κ2) is 5.95. The van der Waals surface area contributed by atoms with Gasteiger partial charge < -0.3 is 45.6 Å². The highest BCUT2D eigenvalue weighted by molar-refractivity contribution is 4.83. The van der Waals surface area contributed by atoms with E-state index in [1.54, 1.807) is 0 Å². The molecule has 0 rings (SSSR count). The van der Waals surface area contributed by atoms with Crippen LogP contribution in [0.3, 0.4) is 0 Å². The second-order valence-electron chi connectivity index (χ2n) is 4.47. The van der Waals surface area contributed by atoms with Gasteiger partial charge in [-0.1, -0.05) is 13.8 Å². The molecular weight excluding hydrogens is 264 g/mol. The average Bonchev–Trinajstić information content (AvgIpc) is 2.27. The Balaban J connectivity index is 4.54. The molecule has 9 heteroatoms. The number of aliphatic hydroxyl groups is 8. The maximum absolute atomic E-state index is 9.34. The van der Waals surface area contributed by atoms with Crippen LogP contribution in [-0.4, -0.2) is 77.2 Å². The summed E-state index contributed by atoms with van der Waals surface area (Å²) in [6.45, 7) is 0.368. The molecule has 0 amide bonds. The molecule has 0 fully saturated rings. The van der Waals surface area contributed by atoms with Crippen molar-refractivity contribution in [2.24, 2.45) is 0 Å². The van der Waals surface area contributed by atoms with E-state index < -0.39 is 49.2 Å². The Kier molecular flexibility index (Phi) is 5.84. The molecule has 0 aliphatic rings. The minimum absolute atomic E-state index is 0.425. The van der Waals surface area contributed by atoms with Gasteiger partial charge in [0.15, 0.2) is 0 Å². The summed E-state index contributed by atoms with van der Waals surface area (Å²) in [6.07, 6.45) is -0.850. The van der Waals surface area contributed by atoms with Gasteiger partial charge in [0.25, 0.3) is 0 Å². The van der Waals surface area contributed by atoms with Crippen LogP contribution < -0.4 is 0 Å². The molecule has 0 aromatic rings. The van der Waals surface area contributed by atoms with Crippen LogP contribution in [0.1, 0.15) is 26.7 Å². The first-order chi connectivity index (χ1) is 8.33. The fourth-order valence-electron chi connectivity index (χ4n) is 1.13. The number of rotatable bonds is 8. The summed E-state index contributed by atoms with van der Waals surface area (Å²) in [5.41, 5.74) is 0. The Labute approximate surface area is 109 Å². The second-order valence-corrected chi connectivity index (χ2v) is 4.47. The smallest absolute Gasteiger partial charge is 0.242 e. The summed E-state index contributed by atoms with van der Waals surface area (Å²) < 4.78 is 4.50. The topological polar surface area (TPSA) is 171 Å². The molecule has 0 aromatic heterocycles. The molecule has 0 aliphatic carbocycles. The van der Waals surface area contributed by atoms with Gasteiger partial charge in [0, 0.05) is 12.8 Å². The highest BCUT2D eigenvalue weighted by Gasteiger charge is 2.49. The fraction of sp³-hybridized carbons (Fsp3) is 1.00. The summed E-state index contributed by atoms with van der Waals surface area (Å²) in [4.78, 5) is 0. The first-order valence-electron chi connectivity index (χ1n) is 5.69. The van der Waals surface area contributed by atoms with Crippen molar-refractivity contribution in [3.63, 3.8) is 0 Å². The van der Waals surface area contributed by atoms with E-state index in [9.17, 15) is 40.9 Å². The third kappa shape index (κ3) is 4.31. The molecule has 9 nitrogen and oxygen atoms in total. The Morgan fingerprint density at radius 2 is 0.842 bits per heavy atom. The van der Waals surface area contributed by atoms with Crippen LogP contribution >= 0.6 is 0 Å². The third-order valence-corrected chi connectivity index (χ3v) is 2.88. The van der Waals surface area contributed by atoms with Crippen molar-refractivity contribution in [3.05, 3.63) is 0 Å². The zero-order chi connectivity index (χ0) is 15.5. The van der Waals surface area contributed by atoms with E-state index in [-0.39, 0.29) is 0 Å². The van der Waals surface area contributed by atoms with Gasteiger partial charge in [-0.05, 0) is 0 Å². The molecule has 0 atom stereocenters. The lowest BCUT2D eigenvalue weighted by Gasteiger charge is -2.37. The van der Waals surface area contributed by atoms with E-state index in [1.165, 1.54) is 13.8 Å². The largest absolute Gasteiger partial charge is 0.370 e. The molecule has 0 spiro atoms. The first-order valence-corrected chi connectivity index (χ1v) is 5.69. The third-order valence-electron chi connectivity index (χ3n) is 2.88. The Hall–Kier alpha value is -0.360. The van der Waals surface area contributed by atoms with Gasteiger partial charge in [0.1, 0.15) is 13.2 Å². The van der Waals surface area contributed by atoms with Gasteiger partial charge in [0.2, 0.25) is 23.1 Å². The fourth-order valence-corrected chi connectivity index (χ4v) is 1.13. The van der Waals surface area contributed by atoms with E-state index in [0.29, 0.717) is 0 Å². The van der Waals surface area contributed by atoms with Gasteiger partial charge in [0.05, 0.1) is 0 Å². The van der Waals surface area contributed by atoms with Crippen LogP contribution in [0.25, 0.3) is 0 Å². The molecule has 0 bridgehead atoms. The zero-order valence-corrected chi connectivity index (χ0v) is 10.8. The molecule has 0 heterocycles. The Morgan fingerprint density at radius 3 is 1.05 bits per heavy atom. The SMILES string of the molecule is CCC(O)(O)C(O)(O)COCC(O)(O)C(O)(O)CC. The summed E-state index contributed by atoms with van der Waals surface area (Å²) >= 11 is 0. The van der Waals surface area contributed by atoms with Crippen LogP contribution in [-0.2, 0) is 4.74 Å². The molecule has 0 aromatic carbocycles. The Bertz CT molecular complexity index is 257. The average molecular weight is 286 g/mol. The van der Waals surface area contributed by atoms with Gasteiger partial charge in [-0.3, -0.25) is 0 Å². The molecule has 0 saturated carbocycles. The zero-order valence-electron chi connectivity index (χ0n) is 10.8.